The molecule has 0 aromatic heterocycles. The first kappa shape index (κ1) is 27.2. The van der Waals surface area contributed by atoms with E-state index in [1.54, 1.807) is 0 Å². The Labute approximate surface area is 188 Å². The molecule has 1 rings (SSSR count). The molecule has 3 N–H and O–H groups in total. The van der Waals surface area contributed by atoms with Crippen molar-refractivity contribution in [3.05, 3.63) is 0 Å². The third-order valence-corrected chi connectivity index (χ3v) is 5.25. The Morgan fingerprint density at radius 3 is 2.39 bits per heavy atom. The van der Waals surface area contributed by atoms with E-state index in [2.05, 4.69) is 36.3 Å². The molecule has 1 saturated heterocycles. The van der Waals surface area contributed by atoms with Gasteiger partial charge in [-0.1, -0.05) is 13.8 Å². The lowest BCUT2D eigenvalue weighted by atomic mass is 9.79. The predicted molar refractivity (Wildman–Crippen MR) is 125 cm³/mol. The van der Waals surface area contributed by atoms with Gasteiger partial charge >= 0.3 is 6.09 Å². The highest BCUT2D eigenvalue weighted by atomic mass is 127. The van der Waals surface area contributed by atoms with Crippen LogP contribution in [-0.2, 0) is 4.74 Å². The van der Waals surface area contributed by atoms with Crippen molar-refractivity contribution < 1.29 is 14.6 Å². The van der Waals surface area contributed by atoms with Gasteiger partial charge in [-0.05, 0) is 58.8 Å². The van der Waals surface area contributed by atoms with Crippen LogP contribution in [0, 0.1) is 5.41 Å². The van der Waals surface area contributed by atoms with Crippen LogP contribution >= 0.6 is 24.0 Å². The first-order chi connectivity index (χ1) is 12.7. The van der Waals surface area contributed by atoms with E-state index in [0.717, 1.165) is 51.3 Å². The summed E-state index contributed by atoms with van der Waals surface area (Å²) in [5, 5.41) is 15.7. The Bertz CT molecular complexity index is 490. The lowest BCUT2D eigenvalue weighted by Gasteiger charge is -2.30. The van der Waals surface area contributed by atoms with E-state index in [4.69, 9.17) is 9.73 Å². The molecule has 166 valence electrons. The number of aliphatic hydroxyl groups excluding tert-OH is 1. The number of hydrogen-bond acceptors (Lipinski definition) is 4. The molecule has 0 aromatic carbocycles. The zero-order chi connectivity index (χ0) is 20.5. The summed E-state index contributed by atoms with van der Waals surface area (Å²) >= 11 is 0. The summed E-state index contributed by atoms with van der Waals surface area (Å²) in [5.74, 6) is 0.884. The van der Waals surface area contributed by atoms with Gasteiger partial charge in [-0.15, -0.1) is 24.0 Å². The van der Waals surface area contributed by atoms with E-state index in [1.165, 1.54) is 0 Å². The molecule has 1 unspecified atom stereocenters. The second kappa shape index (κ2) is 12.7. The van der Waals surface area contributed by atoms with Gasteiger partial charge in [0.05, 0.1) is 6.04 Å². The van der Waals surface area contributed by atoms with Crippen LogP contribution in [0.15, 0.2) is 4.99 Å². The molecule has 1 heterocycles. The summed E-state index contributed by atoms with van der Waals surface area (Å²) in [4.78, 5) is 19.1. The number of hydrogen-bond donors (Lipinski definition) is 3. The maximum atomic E-state index is 12.0. The topological polar surface area (TPSA) is 86.2 Å². The molecule has 28 heavy (non-hydrogen) atoms. The predicted octanol–water partition coefficient (Wildman–Crippen LogP) is 3.36. The largest absolute Gasteiger partial charge is 0.444 e. The summed E-state index contributed by atoms with van der Waals surface area (Å²) in [5.41, 5.74) is -0.446. The summed E-state index contributed by atoms with van der Waals surface area (Å²) in [6, 6.07) is 0.0586. The van der Waals surface area contributed by atoms with Gasteiger partial charge in [0.25, 0.3) is 0 Å². The van der Waals surface area contributed by atoms with Crippen molar-refractivity contribution in [1.29, 1.82) is 0 Å². The normalized spacial score (nSPS) is 17.9. The number of alkyl carbamates (subject to hydrolysis) is 1. The maximum absolute atomic E-state index is 12.0. The number of guanidine groups is 1. The minimum atomic E-state index is -0.491. The number of rotatable bonds is 8. The Balaban J connectivity index is 0.00000729. The smallest absolute Gasteiger partial charge is 0.407 e. The summed E-state index contributed by atoms with van der Waals surface area (Å²) in [6.45, 7) is 15.2. The molecular formula is C20H41IN4O3. The van der Waals surface area contributed by atoms with Crippen LogP contribution in [0.5, 0.6) is 0 Å². The van der Waals surface area contributed by atoms with Crippen LogP contribution in [0.1, 0.15) is 67.2 Å². The third-order valence-electron chi connectivity index (χ3n) is 5.25. The van der Waals surface area contributed by atoms with E-state index in [1.807, 2.05) is 20.8 Å². The molecule has 0 bridgehead atoms. The van der Waals surface area contributed by atoms with Crippen LogP contribution in [0.4, 0.5) is 4.79 Å². The van der Waals surface area contributed by atoms with Gasteiger partial charge in [0, 0.05) is 32.8 Å². The van der Waals surface area contributed by atoms with Gasteiger partial charge in [-0.2, -0.15) is 0 Å². The zero-order valence-corrected chi connectivity index (χ0v) is 20.8. The highest BCUT2D eigenvalue weighted by Gasteiger charge is 2.29. The Morgan fingerprint density at radius 1 is 1.25 bits per heavy atom. The number of nitrogens with zero attached hydrogens (tertiary/aromatic N) is 2. The molecule has 1 fully saturated rings. The monoisotopic (exact) mass is 512 g/mol. The molecule has 1 atom stereocenters. The molecular weight excluding hydrogens is 471 g/mol. The number of carbonyl (C=O) groups excluding carboxylic acids is 1. The maximum Gasteiger partial charge on any atom is 0.407 e. The highest BCUT2D eigenvalue weighted by Crippen LogP contribution is 2.30. The average molecular weight is 512 g/mol. The number of halogens is 1. The zero-order valence-electron chi connectivity index (χ0n) is 18.5. The molecule has 0 radical (unpaired) electrons. The van der Waals surface area contributed by atoms with E-state index in [0.29, 0.717) is 6.54 Å². The number of ether oxygens (including phenoxy) is 1. The molecule has 1 amide bonds. The van der Waals surface area contributed by atoms with E-state index < -0.39 is 5.60 Å². The SMILES string of the molecule is CCNC(=NCC(CC)(CC)CCO)N1CCC(NC(=O)OC(C)(C)C)C1.I. The minimum Gasteiger partial charge on any atom is -0.444 e. The van der Waals surface area contributed by atoms with Crippen LogP contribution in [0.2, 0.25) is 0 Å². The van der Waals surface area contributed by atoms with Crippen molar-refractivity contribution in [1.82, 2.24) is 15.5 Å². The molecule has 1 aliphatic heterocycles. The Kier molecular flexibility index (Phi) is 12.4. The fourth-order valence-electron chi connectivity index (χ4n) is 3.36. The van der Waals surface area contributed by atoms with Gasteiger partial charge in [-0.3, -0.25) is 4.99 Å². The first-order valence-corrected chi connectivity index (χ1v) is 10.3. The number of carbonyl (C=O) groups is 1. The average Bonchev–Trinajstić information content (AvgIpc) is 3.03. The van der Waals surface area contributed by atoms with Gasteiger partial charge in [0.1, 0.15) is 5.60 Å². The molecule has 0 saturated carbocycles. The van der Waals surface area contributed by atoms with Crippen LogP contribution in [-0.4, -0.2) is 66.5 Å². The third kappa shape index (κ3) is 9.15. The second-order valence-electron chi connectivity index (χ2n) is 8.43. The van der Waals surface area contributed by atoms with Crippen molar-refractivity contribution in [2.45, 2.75) is 78.9 Å². The number of aliphatic hydroxyl groups is 1. The van der Waals surface area contributed by atoms with Crippen molar-refractivity contribution in [3.63, 3.8) is 0 Å². The lowest BCUT2D eigenvalue weighted by Crippen LogP contribution is -2.44. The van der Waals surface area contributed by atoms with Crippen molar-refractivity contribution >= 4 is 36.0 Å². The molecule has 0 aliphatic carbocycles. The van der Waals surface area contributed by atoms with Gasteiger partial charge < -0.3 is 25.4 Å². The number of nitrogens with one attached hydrogen (secondary N) is 2. The molecule has 0 spiro atoms. The summed E-state index contributed by atoms with van der Waals surface area (Å²) in [7, 11) is 0. The fourth-order valence-corrected chi connectivity index (χ4v) is 3.36. The molecule has 0 aromatic rings. The molecule has 1 aliphatic rings. The minimum absolute atomic E-state index is 0. The van der Waals surface area contributed by atoms with Crippen molar-refractivity contribution in [3.8, 4) is 0 Å². The van der Waals surface area contributed by atoms with Crippen molar-refractivity contribution in [2.75, 3.05) is 32.8 Å². The van der Waals surface area contributed by atoms with Crippen LogP contribution < -0.4 is 10.6 Å². The molecule has 8 heteroatoms. The number of likely N-dealkylation sites (tertiary alicyclic amines) is 1. The fraction of sp³-hybridized carbons (Fsp3) is 0.900. The Hall–Kier alpha value is -0.770. The number of aliphatic imine (C=N–C) groups is 1. The van der Waals surface area contributed by atoms with Crippen LogP contribution in [0.3, 0.4) is 0 Å². The summed E-state index contributed by atoms with van der Waals surface area (Å²) in [6.07, 6.45) is 3.26. The van der Waals surface area contributed by atoms with E-state index in [-0.39, 0.29) is 48.1 Å². The Morgan fingerprint density at radius 2 is 1.89 bits per heavy atom. The quantitative estimate of drug-likeness (QED) is 0.264. The van der Waals surface area contributed by atoms with Gasteiger partial charge in [0.15, 0.2) is 5.96 Å². The first-order valence-electron chi connectivity index (χ1n) is 10.3. The highest BCUT2D eigenvalue weighted by molar-refractivity contribution is 14.0. The van der Waals surface area contributed by atoms with Crippen LogP contribution in [0.25, 0.3) is 0 Å². The second-order valence-corrected chi connectivity index (χ2v) is 8.43. The summed E-state index contributed by atoms with van der Waals surface area (Å²) < 4.78 is 5.35. The van der Waals surface area contributed by atoms with E-state index >= 15 is 0 Å². The van der Waals surface area contributed by atoms with E-state index in [9.17, 15) is 9.90 Å². The van der Waals surface area contributed by atoms with Gasteiger partial charge in [-0.25, -0.2) is 4.79 Å². The lowest BCUT2D eigenvalue weighted by molar-refractivity contribution is 0.0507. The van der Waals surface area contributed by atoms with Crippen molar-refractivity contribution in [2.24, 2.45) is 10.4 Å². The molecule has 7 nitrogen and oxygen atoms in total. The van der Waals surface area contributed by atoms with Gasteiger partial charge in [0.2, 0.25) is 0 Å². The number of amides is 1. The standard InChI is InChI=1S/C20H40N4O3.HI/c1-7-20(8-2,11-13-25)15-22-17(21-9-3)24-12-10-16(14-24)23-18(26)27-19(4,5)6;/h16,25H,7-15H2,1-6H3,(H,21,22)(H,23,26);1H.